The predicted octanol–water partition coefficient (Wildman–Crippen LogP) is 2.62. The van der Waals surface area contributed by atoms with Crippen LogP contribution in [0.15, 0.2) is 42.9 Å². The van der Waals surface area contributed by atoms with Crippen molar-refractivity contribution in [2.24, 2.45) is 17.3 Å². The van der Waals surface area contributed by atoms with E-state index >= 15 is 0 Å². The third-order valence-corrected chi connectivity index (χ3v) is 5.06. The van der Waals surface area contributed by atoms with Gasteiger partial charge in [-0.15, -0.1) is 0 Å². The SMILES string of the molecule is CC12CNCC1C2COc1ccc(-c2cccnc2)nc1.[HH]. The van der Waals surface area contributed by atoms with Crippen molar-refractivity contribution >= 4 is 0 Å². The highest BCUT2D eigenvalue weighted by molar-refractivity contribution is 5.57. The summed E-state index contributed by atoms with van der Waals surface area (Å²) in [5.41, 5.74) is 2.41. The summed E-state index contributed by atoms with van der Waals surface area (Å²) in [5, 5.41) is 3.44. The van der Waals surface area contributed by atoms with Gasteiger partial charge in [0, 0.05) is 31.8 Å². The maximum absolute atomic E-state index is 5.92. The first-order chi connectivity index (χ1) is 10.3. The van der Waals surface area contributed by atoms with Crippen molar-refractivity contribution < 1.29 is 6.16 Å². The molecule has 110 valence electrons. The second-order valence-corrected chi connectivity index (χ2v) is 6.28. The van der Waals surface area contributed by atoms with E-state index in [1.807, 2.05) is 30.5 Å². The number of aromatic nitrogens is 2. The molecule has 0 amide bonds. The highest BCUT2D eigenvalue weighted by Gasteiger charge is 2.63. The van der Waals surface area contributed by atoms with Crippen LogP contribution >= 0.6 is 0 Å². The molecule has 1 aliphatic carbocycles. The van der Waals surface area contributed by atoms with Gasteiger partial charge in [0.2, 0.25) is 0 Å². The van der Waals surface area contributed by atoms with Gasteiger partial charge in [-0.3, -0.25) is 9.97 Å². The summed E-state index contributed by atoms with van der Waals surface area (Å²) < 4.78 is 5.92. The summed E-state index contributed by atoms with van der Waals surface area (Å²) >= 11 is 0. The molecule has 4 heteroatoms. The van der Waals surface area contributed by atoms with Gasteiger partial charge >= 0.3 is 0 Å². The minimum absolute atomic E-state index is 0. The van der Waals surface area contributed by atoms with Crippen molar-refractivity contribution in [1.82, 2.24) is 15.3 Å². The van der Waals surface area contributed by atoms with Crippen LogP contribution in [0.5, 0.6) is 5.75 Å². The van der Waals surface area contributed by atoms with Crippen LogP contribution in [-0.4, -0.2) is 29.7 Å². The molecule has 1 saturated heterocycles. The topological polar surface area (TPSA) is 47.0 Å². The van der Waals surface area contributed by atoms with Gasteiger partial charge in [0.1, 0.15) is 5.75 Å². The van der Waals surface area contributed by atoms with E-state index in [-0.39, 0.29) is 1.43 Å². The van der Waals surface area contributed by atoms with Gasteiger partial charge in [-0.2, -0.15) is 0 Å². The molecule has 2 aliphatic rings. The smallest absolute Gasteiger partial charge is 0.137 e. The number of rotatable bonds is 4. The van der Waals surface area contributed by atoms with Crippen molar-refractivity contribution in [3.05, 3.63) is 42.9 Å². The molecule has 4 nitrogen and oxygen atoms in total. The quantitative estimate of drug-likeness (QED) is 0.937. The summed E-state index contributed by atoms with van der Waals surface area (Å²) in [6.07, 6.45) is 5.39. The van der Waals surface area contributed by atoms with E-state index in [0.717, 1.165) is 42.6 Å². The molecular weight excluding hydrogens is 262 g/mol. The third-order valence-electron chi connectivity index (χ3n) is 5.06. The minimum Gasteiger partial charge on any atom is -0.492 e. The van der Waals surface area contributed by atoms with Gasteiger partial charge in [0.25, 0.3) is 0 Å². The third kappa shape index (κ3) is 2.20. The van der Waals surface area contributed by atoms with Crippen LogP contribution in [0.2, 0.25) is 0 Å². The lowest BCUT2D eigenvalue weighted by Gasteiger charge is -2.11. The average molecular weight is 283 g/mol. The Morgan fingerprint density at radius 2 is 2.33 bits per heavy atom. The molecule has 1 N–H and O–H groups in total. The van der Waals surface area contributed by atoms with E-state index in [1.54, 1.807) is 12.4 Å². The highest BCUT2D eigenvalue weighted by Crippen LogP contribution is 2.60. The molecule has 2 aromatic rings. The summed E-state index contributed by atoms with van der Waals surface area (Å²) in [4.78, 5) is 8.57. The fourth-order valence-corrected chi connectivity index (χ4v) is 3.54. The van der Waals surface area contributed by atoms with Crippen LogP contribution in [0.3, 0.4) is 0 Å². The van der Waals surface area contributed by atoms with Gasteiger partial charge in [-0.1, -0.05) is 6.92 Å². The van der Waals surface area contributed by atoms with Crippen molar-refractivity contribution in [2.45, 2.75) is 6.92 Å². The molecule has 1 aliphatic heterocycles. The molecular formula is C17H21N3O. The van der Waals surface area contributed by atoms with Crippen molar-refractivity contribution in [2.75, 3.05) is 19.7 Å². The zero-order chi connectivity index (χ0) is 14.3. The van der Waals surface area contributed by atoms with Crippen molar-refractivity contribution in [3.63, 3.8) is 0 Å². The molecule has 2 aromatic heterocycles. The number of nitrogens with zero attached hydrogens (tertiary/aromatic N) is 2. The van der Waals surface area contributed by atoms with Gasteiger partial charge in [-0.05, 0) is 42.1 Å². The average Bonchev–Trinajstić information content (AvgIpc) is 2.88. The lowest BCUT2D eigenvalue weighted by atomic mass is 10.1. The maximum atomic E-state index is 5.92. The van der Waals surface area contributed by atoms with Crippen molar-refractivity contribution in [3.8, 4) is 17.0 Å². The predicted molar refractivity (Wildman–Crippen MR) is 83.0 cm³/mol. The Morgan fingerprint density at radius 1 is 1.38 bits per heavy atom. The van der Waals surface area contributed by atoms with E-state index in [0.29, 0.717) is 11.3 Å². The van der Waals surface area contributed by atoms with E-state index < -0.39 is 0 Å². The second-order valence-electron chi connectivity index (χ2n) is 6.28. The number of hydrogen-bond donors (Lipinski definition) is 1. The zero-order valence-electron chi connectivity index (χ0n) is 12.1. The molecule has 0 radical (unpaired) electrons. The van der Waals surface area contributed by atoms with E-state index in [2.05, 4.69) is 22.2 Å². The van der Waals surface area contributed by atoms with Crippen LogP contribution in [0.1, 0.15) is 8.35 Å². The summed E-state index contributed by atoms with van der Waals surface area (Å²) in [5.74, 6) is 2.33. The summed E-state index contributed by atoms with van der Waals surface area (Å²) in [6, 6.07) is 7.91. The van der Waals surface area contributed by atoms with Crippen LogP contribution in [0.4, 0.5) is 0 Å². The standard InChI is InChI=1S/C17H19N3O.H2/c1-17-11-19-9-14(17)15(17)10-21-13-4-5-16(20-8-13)12-3-2-6-18-7-12;/h2-8,14-15,19H,9-11H2,1H3;1H. The first-order valence-corrected chi connectivity index (χ1v) is 7.47. The van der Waals surface area contributed by atoms with Gasteiger partial charge in [-0.25, -0.2) is 0 Å². The molecule has 0 bridgehead atoms. The van der Waals surface area contributed by atoms with Crippen LogP contribution < -0.4 is 10.1 Å². The molecule has 1 saturated carbocycles. The number of hydrogen-bond acceptors (Lipinski definition) is 4. The Labute approximate surface area is 126 Å². The Bertz CT molecular complexity index is 634. The minimum atomic E-state index is 0. The molecule has 3 unspecified atom stereocenters. The molecule has 4 rings (SSSR count). The number of pyridine rings is 2. The lowest BCUT2D eigenvalue weighted by Crippen LogP contribution is -2.21. The van der Waals surface area contributed by atoms with Crippen molar-refractivity contribution in [1.29, 1.82) is 0 Å². The van der Waals surface area contributed by atoms with Crippen LogP contribution in [0, 0.1) is 17.3 Å². The fourth-order valence-electron chi connectivity index (χ4n) is 3.54. The maximum Gasteiger partial charge on any atom is 0.137 e. The van der Waals surface area contributed by atoms with Crippen LogP contribution in [-0.2, 0) is 0 Å². The van der Waals surface area contributed by atoms with E-state index in [1.165, 1.54) is 0 Å². The van der Waals surface area contributed by atoms with Gasteiger partial charge in [0.05, 0.1) is 18.5 Å². The number of fused-ring (bicyclic) bond motifs is 1. The van der Waals surface area contributed by atoms with Crippen LogP contribution in [0.25, 0.3) is 11.3 Å². The normalized spacial score (nSPS) is 30.0. The zero-order valence-corrected chi connectivity index (χ0v) is 12.1. The monoisotopic (exact) mass is 283 g/mol. The molecule has 2 fully saturated rings. The van der Waals surface area contributed by atoms with Gasteiger partial charge in [0.15, 0.2) is 0 Å². The van der Waals surface area contributed by atoms with Gasteiger partial charge < -0.3 is 10.1 Å². The second kappa shape index (κ2) is 4.81. The van der Waals surface area contributed by atoms with E-state index in [4.69, 9.17) is 4.74 Å². The Kier molecular flexibility index (Phi) is 2.93. The molecule has 0 spiro atoms. The molecule has 21 heavy (non-hydrogen) atoms. The molecule has 3 heterocycles. The first kappa shape index (κ1) is 12.8. The summed E-state index contributed by atoms with van der Waals surface area (Å²) in [7, 11) is 0. The largest absolute Gasteiger partial charge is 0.492 e. The lowest BCUT2D eigenvalue weighted by molar-refractivity contribution is 0.266. The Morgan fingerprint density at radius 3 is 3.00 bits per heavy atom. The first-order valence-electron chi connectivity index (χ1n) is 7.47. The number of piperidine rings is 1. The number of ether oxygens (including phenoxy) is 1. The Hall–Kier alpha value is -1.94. The summed E-state index contributed by atoms with van der Waals surface area (Å²) in [6.45, 7) is 5.43. The molecule has 3 atom stereocenters. The fraction of sp³-hybridized carbons (Fsp3) is 0.412. The number of nitrogens with one attached hydrogen (secondary N) is 1. The van der Waals surface area contributed by atoms with E-state index in [9.17, 15) is 0 Å². The highest BCUT2D eigenvalue weighted by atomic mass is 16.5. The Balaban J connectivity index is 0.00000144. The molecule has 0 aromatic carbocycles.